The maximum Gasteiger partial charge on any atom is 0.122 e. The van der Waals surface area contributed by atoms with Crippen LogP contribution in [-0.2, 0) is 6.61 Å². The van der Waals surface area contributed by atoms with E-state index in [9.17, 15) is 10.2 Å². The molecule has 0 aliphatic carbocycles. The number of aliphatic hydroxyl groups is 4. The maximum atomic E-state index is 9.63. The zero-order valence-corrected chi connectivity index (χ0v) is 8.24. The monoisotopic (exact) mass is 213 g/mol. The largest absolute Gasteiger partial charge is 0.396 e. The Hall–Kier alpha value is -1.01. The lowest BCUT2D eigenvalue weighted by Crippen LogP contribution is -2.20. The van der Waals surface area contributed by atoms with E-state index in [-0.39, 0.29) is 19.6 Å². The molecule has 5 nitrogen and oxygen atoms in total. The van der Waals surface area contributed by atoms with Gasteiger partial charge in [0.25, 0.3) is 0 Å². The number of pyridine rings is 1. The molecule has 0 fully saturated rings. The standard InChI is InChI=1S/C10H15NO4/c12-5-4-9(14)10(15)8-3-1-2-7(6-13)11-8/h1-3,9-10,12-15H,4-6H2. The van der Waals surface area contributed by atoms with Gasteiger partial charge in [-0.15, -0.1) is 0 Å². The van der Waals surface area contributed by atoms with Crippen LogP contribution in [0.25, 0.3) is 0 Å². The smallest absolute Gasteiger partial charge is 0.122 e. The summed E-state index contributed by atoms with van der Waals surface area (Å²) >= 11 is 0. The Kier molecular flexibility index (Phi) is 4.64. The molecule has 2 atom stereocenters. The number of hydrogen-bond donors (Lipinski definition) is 4. The number of aromatic nitrogens is 1. The predicted molar refractivity (Wildman–Crippen MR) is 52.8 cm³/mol. The average Bonchev–Trinajstić information content (AvgIpc) is 2.28. The average molecular weight is 213 g/mol. The molecule has 15 heavy (non-hydrogen) atoms. The summed E-state index contributed by atoms with van der Waals surface area (Å²) in [6.07, 6.45) is -2.09. The molecule has 0 aliphatic rings. The third-order valence-corrected chi connectivity index (χ3v) is 2.08. The fraction of sp³-hybridized carbons (Fsp3) is 0.500. The molecule has 0 aliphatic heterocycles. The quantitative estimate of drug-likeness (QED) is 0.521. The molecular weight excluding hydrogens is 198 g/mol. The van der Waals surface area contributed by atoms with E-state index in [2.05, 4.69) is 4.98 Å². The molecule has 2 unspecified atom stereocenters. The molecule has 0 radical (unpaired) electrons. The second-order valence-corrected chi connectivity index (χ2v) is 3.24. The summed E-state index contributed by atoms with van der Waals surface area (Å²) in [5.74, 6) is 0. The van der Waals surface area contributed by atoms with E-state index < -0.39 is 12.2 Å². The third-order valence-electron chi connectivity index (χ3n) is 2.08. The summed E-state index contributed by atoms with van der Waals surface area (Å²) in [6, 6.07) is 4.82. The molecule has 1 aromatic rings. The van der Waals surface area contributed by atoms with Crippen LogP contribution < -0.4 is 0 Å². The van der Waals surface area contributed by atoms with Crippen molar-refractivity contribution in [2.24, 2.45) is 0 Å². The van der Waals surface area contributed by atoms with E-state index in [4.69, 9.17) is 10.2 Å². The summed E-state index contributed by atoms with van der Waals surface area (Å²) in [5, 5.41) is 36.5. The zero-order chi connectivity index (χ0) is 11.3. The highest BCUT2D eigenvalue weighted by molar-refractivity contribution is 5.13. The lowest BCUT2D eigenvalue weighted by molar-refractivity contribution is 0.00172. The Morgan fingerprint density at radius 2 is 1.93 bits per heavy atom. The van der Waals surface area contributed by atoms with Gasteiger partial charge in [-0.2, -0.15) is 0 Å². The number of aliphatic hydroxyl groups excluding tert-OH is 4. The molecule has 1 rings (SSSR count). The van der Waals surface area contributed by atoms with Gasteiger partial charge in [0.05, 0.1) is 24.1 Å². The Bertz CT molecular complexity index is 305. The van der Waals surface area contributed by atoms with Crippen LogP contribution in [0.2, 0.25) is 0 Å². The highest BCUT2D eigenvalue weighted by Crippen LogP contribution is 2.16. The van der Waals surface area contributed by atoms with Gasteiger partial charge in [-0.25, -0.2) is 0 Å². The van der Waals surface area contributed by atoms with Gasteiger partial charge in [0.1, 0.15) is 6.10 Å². The number of nitrogens with zero attached hydrogens (tertiary/aromatic N) is 1. The molecular formula is C10H15NO4. The van der Waals surface area contributed by atoms with Crippen molar-refractivity contribution in [2.45, 2.75) is 25.2 Å². The molecule has 4 N–H and O–H groups in total. The summed E-state index contributed by atoms with van der Waals surface area (Å²) in [5.41, 5.74) is 0.727. The fourth-order valence-electron chi connectivity index (χ4n) is 1.24. The SMILES string of the molecule is OCCC(O)C(O)c1cccc(CO)n1. The van der Waals surface area contributed by atoms with Crippen molar-refractivity contribution < 1.29 is 20.4 Å². The molecule has 0 amide bonds. The Labute approximate surface area is 87.7 Å². The van der Waals surface area contributed by atoms with Gasteiger partial charge in [-0.3, -0.25) is 4.98 Å². The van der Waals surface area contributed by atoms with Crippen molar-refractivity contribution in [3.63, 3.8) is 0 Å². The summed E-state index contributed by atoms with van der Waals surface area (Å²) in [7, 11) is 0. The van der Waals surface area contributed by atoms with Crippen LogP contribution in [0.1, 0.15) is 23.9 Å². The topological polar surface area (TPSA) is 93.8 Å². The van der Waals surface area contributed by atoms with Gasteiger partial charge in [0, 0.05) is 6.61 Å². The fourth-order valence-corrected chi connectivity index (χ4v) is 1.24. The van der Waals surface area contributed by atoms with Crippen molar-refractivity contribution >= 4 is 0 Å². The summed E-state index contributed by atoms with van der Waals surface area (Å²) in [6.45, 7) is -0.408. The van der Waals surface area contributed by atoms with Gasteiger partial charge in [0.2, 0.25) is 0 Å². The number of rotatable bonds is 5. The number of hydrogen-bond acceptors (Lipinski definition) is 5. The Balaban J connectivity index is 2.76. The lowest BCUT2D eigenvalue weighted by Gasteiger charge is -2.16. The van der Waals surface area contributed by atoms with Crippen LogP contribution in [0.15, 0.2) is 18.2 Å². The first-order valence-electron chi connectivity index (χ1n) is 4.72. The van der Waals surface area contributed by atoms with Crippen molar-refractivity contribution in [3.8, 4) is 0 Å². The molecule has 1 aromatic heterocycles. The van der Waals surface area contributed by atoms with E-state index in [0.29, 0.717) is 11.4 Å². The first-order valence-corrected chi connectivity index (χ1v) is 4.72. The van der Waals surface area contributed by atoms with E-state index in [0.717, 1.165) is 0 Å². The van der Waals surface area contributed by atoms with Crippen molar-refractivity contribution in [1.29, 1.82) is 0 Å². The van der Waals surface area contributed by atoms with E-state index in [1.165, 1.54) is 0 Å². The van der Waals surface area contributed by atoms with E-state index in [1.54, 1.807) is 18.2 Å². The molecule has 5 heteroatoms. The highest BCUT2D eigenvalue weighted by Gasteiger charge is 2.19. The molecule has 84 valence electrons. The summed E-state index contributed by atoms with van der Waals surface area (Å²) in [4.78, 5) is 3.95. The van der Waals surface area contributed by atoms with Gasteiger partial charge < -0.3 is 20.4 Å². The molecule has 0 bridgehead atoms. The van der Waals surface area contributed by atoms with Gasteiger partial charge in [-0.05, 0) is 18.6 Å². The third kappa shape index (κ3) is 3.24. The second kappa shape index (κ2) is 5.77. The van der Waals surface area contributed by atoms with E-state index in [1.807, 2.05) is 0 Å². The summed E-state index contributed by atoms with van der Waals surface area (Å²) < 4.78 is 0. The second-order valence-electron chi connectivity index (χ2n) is 3.24. The van der Waals surface area contributed by atoms with Crippen molar-refractivity contribution in [1.82, 2.24) is 4.98 Å². The molecule has 0 saturated heterocycles. The van der Waals surface area contributed by atoms with Crippen molar-refractivity contribution in [2.75, 3.05) is 6.61 Å². The molecule has 0 aromatic carbocycles. The Morgan fingerprint density at radius 1 is 1.20 bits per heavy atom. The Morgan fingerprint density at radius 3 is 2.53 bits per heavy atom. The maximum absolute atomic E-state index is 9.63. The minimum absolute atomic E-state index is 0.0895. The van der Waals surface area contributed by atoms with Crippen LogP contribution in [0.4, 0.5) is 0 Å². The lowest BCUT2D eigenvalue weighted by atomic mass is 10.1. The minimum Gasteiger partial charge on any atom is -0.396 e. The molecule has 0 spiro atoms. The zero-order valence-electron chi connectivity index (χ0n) is 8.24. The van der Waals surface area contributed by atoms with Crippen LogP contribution in [0.3, 0.4) is 0 Å². The predicted octanol–water partition coefficient (Wildman–Crippen LogP) is -0.649. The van der Waals surface area contributed by atoms with Gasteiger partial charge >= 0.3 is 0 Å². The highest BCUT2D eigenvalue weighted by atomic mass is 16.3. The van der Waals surface area contributed by atoms with Crippen LogP contribution in [0, 0.1) is 0 Å². The van der Waals surface area contributed by atoms with E-state index >= 15 is 0 Å². The van der Waals surface area contributed by atoms with Crippen LogP contribution >= 0.6 is 0 Å². The van der Waals surface area contributed by atoms with Gasteiger partial charge in [-0.1, -0.05) is 6.07 Å². The first kappa shape index (κ1) is 12.1. The van der Waals surface area contributed by atoms with Crippen LogP contribution in [-0.4, -0.2) is 38.1 Å². The van der Waals surface area contributed by atoms with Gasteiger partial charge in [0.15, 0.2) is 0 Å². The molecule has 1 heterocycles. The van der Waals surface area contributed by atoms with Crippen LogP contribution in [0.5, 0.6) is 0 Å². The first-order chi connectivity index (χ1) is 7.19. The molecule has 0 saturated carbocycles. The van der Waals surface area contributed by atoms with Crippen molar-refractivity contribution in [3.05, 3.63) is 29.6 Å². The minimum atomic E-state index is -1.14. The normalized spacial score (nSPS) is 14.9.